The Hall–Kier alpha value is -2.28. The van der Waals surface area contributed by atoms with Crippen LogP contribution in [0.5, 0.6) is 0 Å². The highest BCUT2D eigenvalue weighted by Gasteiger charge is 2.22. The standard InChI is InChI=1S/C17H25N3O4/c1-17(2,3)24-16(23)19(4)13-9-12(15(21)22)10-14(11-13)20-7-5-18-6-8-20/h9-11,18H,5-8H2,1-4H3,(H,21,22). The third-order valence-corrected chi connectivity index (χ3v) is 3.69. The number of piperazine rings is 1. The normalized spacial score (nSPS) is 15.1. The molecule has 0 saturated carbocycles. The summed E-state index contributed by atoms with van der Waals surface area (Å²) in [6, 6.07) is 4.94. The Kier molecular flexibility index (Phi) is 5.33. The molecule has 1 saturated heterocycles. The summed E-state index contributed by atoms with van der Waals surface area (Å²) in [5, 5.41) is 12.6. The summed E-state index contributed by atoms with van der Waals surface area (Å²) in [6.07, 6.45) is -0.517. The molecule has 1 aromatic rings. The topological polar surface area (TPSA) is 82.1 Å². The molecule has 0 atom stereocenters. The minimum atomic E-state index is -1.02. The number of carboxylic acid groups (broad SMARTS) is 1. The molecule has 1 amide bonds. The molecule has 2 rings (SSSR count). The molecule has 1 heterocycles. The van der Waals surface area contributed by atoms with Crippen LogP contribution in [0.4, 0.5) is 16.2 Å². The van der Waals surface area contributed by atoms with Crippen LogP contribution in [-0.2, 0) is 4.74 Å². The van der Waals surface area contributed by atoms with Crippen molar-refractivity contribution in [3.63, 3.8) is 0 Å². The molecule has 1 fully saturated rings. The Balaban J connectivity index is 2.32. The van der Waals surface area contributed by atoms with Gasteiger partial charge in [0.05, 0.1) is 5.56 Å². The zero-order chi connectivity index (χ0) is 17.9. The van der Waals surface area contributed by atoms with E-state index in [0.29, 0.717) is 5.69 Å². The van der Waals surface area contributed by atoms with E-state index in [0.717, 1.165) is 31.9 Å². The third-order valence-electron chi connectivity index (χ3n) is 3.69. The molecule has 7 heteroatoms. The summed E-state index contributed by atoms with van der Waals surface area (Å²) < 4.78 is 5.36. The highest BCUT2D eigenvalue weighted by molar-refractivity contribution is 5.94. The van der Waals surface area contributed by atoms with Gasteiger partial charge >= 0.3 is 12.1 Å². The lowest BCUT2D eigenvalue weighted by Crippen LogP contribution is -2.43. The number of carbonyl (C=O) groups excluding carboxylic acids is 1. The second-order valence-electron chi connectivity index (χ2n) is 6.82. The van der Waals surface area contributed by atoms with Crippen molar-refractivity contribution in [1.29, 1.82) is 0 Å². The van der Waals surface area contributed by atoms with Crippen LogP contribution >= 0.6 is 0 Å². The maximum Gasteiger partial charge on any atom is 0.414 e. The van der Waals surface area contributed by atoms with Gasteiger partial charge in [0.25, 0.3) is 0 Å². The smallest absolute Gasteiger partial charge is 0.414 e. The number of hydrogen-bond acceptors (Lipinski definition) is 5. The van der Waals surface area contributed by atoms with E-state index < -0.39 is 17.7 Å². The van der Waals surface area contributed by atoms with Gasteiger partial charge in [0.1, 0.15) is 5.60 Å². The van der Waals surface area contributed by atoms with Crippen LogP contribution in [0.25, 0.3) is 0 Å². The molecule has 0 aliphatic carbocycles. The molecule has 1 aliphatic rings. The molecule has 24 heavy (non-hydrogen) atoms. The lowest BCUT2D eigenvalue weighted by molar-refractivity contribution is 0.0587. The van der Waals surface area contributed by atoms with Crippen LogP contribution in [0.1, 0.15) is 31.1 Å². The lowest BCUT2D eigenvalue weighted by Gasteiger charge is -2.31. The van der Waals surface area contributed by atoms with Crippen molar-refractivity contribution in [3.8, 4) is 0 Å². The van der Waals surface area contributed by atoms with E-state index in [-0.39, 0.29) is 5.56 Å². The molecule has 0 unspecified atom stereocenters. The van der Waals surface area contributed by atoms with Crippen molar-refractivity contribution < 1.29 is 19.4 Å². The van der Waals surface area contributed by atoms with E-state index in [2.05, 4.69) is 10.2 Å². The molecule has 2 N–H and O–H groups in total. The zero-order valence-electron chi connectivity index (χ0n) is 14.6. The first-order valence-electron chi connectivity index (χ1n) is 7.98. The first-order valence-corrected chi connectivity index (χ1v) is 7.98. The number of benzene rings is 1. The quantitative estimate of drug-likeness (QED) is 0.881. The first kappa shape index (κ1) is 18.1. The minimum Gasteiger partial charge on any atom is -0.478 e. The SMILES string of the molecule is CN(C(=O)OC(C)(C)C)c1cc(C(=O)O)cc(N2CCNCC2)c1. The van der Waals surface area contributed by atoms with E-state index in [1.54, 1.807) is 33.9 Å². The van der Waals surface area contributed by atoms with Gasteiger partial charge in [-0.3, -0.25) is 4.90 Å². The number of amides is 1. The van der Waals surface area contributed by atoms with Crippen LogP contribution in [0.3, 0.4) is 0 Å². The van der Waals surface area contributed by atoms with Gasteiger partial charge < -0.3 is 20.1 Å². The molecule has 0 spiro atoms. The van der Waals surface area contributed by atoms with E-state index in [9.17, 15) is 14.7 Å². The van der Waals surface area contributed by atoms with Crippen molar-refractivity contribution >= 4 is 23.4 Å². The number of nitrogens with one attached hydrogen (secondary N) is 1. The molecule has 0 radical (unpaired) electrons. The molecular formula is C17H25N3O4. The average molecular weight is 335 g/mol. The number of hydrogen-bond donors (Lipinski definition) is 2. The Morgan fingerprint density at radius 2 is 1.83 bits per heavy atom. The molecule has 1 aromatic carbocycles. The van der Waals surface area contributed by atoms with Gasteiger partial charge in [-0.15, -0.1) is 0 Å². The van der Waals surface area contributed by atoms with Gasteiger partial charge in [-0.1, -0.05) is 0 Å². The van der Waals surface area contributed by atoms with Gasteiger partial charge in [-0.05, 0) is 39.0 Å². The summed E-state index contributed by atoms with van der Waals surface area (Å²) in [5.41, 5.74) is 0.827. The second kappa shape index (κ2) is 7.09. The maximum absolute atomic E-state index is 12.3. The van der Waals surface area contributed by atoms with Gasteiger partial charge in [-0.2, -0.15) is 0 Å². The number of rotatable bonds is 3. The highest BCUT2D eigenvalue weighted by atomic mass is 16.6. The second-order valence-corrected chi connectivity index (χ2v) is 6.82. The Morgan fingerprint density at radius 1 is 1.21 bits per heavy atom. The summed E-state index contributed by atoms with van der Waals surface area (Å²) in [6.45, 7) is 8.64. The van der Waals surface area contributed by atoms with Crippen LogP contribution in [0.2, 0.25) is 0 Å². The van der Waals surface area contributed by atoms with E-state index in [1.807, 2.05) is 6.07 Å². The van der Waals surface area contributed by atoms with Crippen LogP contribution < -0.4 is 15.1 Å². The number of aromatic carboxylic acids is 1. The van der Waals surface area contributed by atoms with Crippen molar-refractivity contribution in [3.05, 3.63) is 23.8 Å². The predicted octanol–water partition coefficient (Wildman–Crippen LogP) is 2.17. The number of carboxylic acids is 1. The number of carbonyl (C=O) groups is 2. The van der Waals surface area contributed by atoms with Crippen LogP contribution in [-0.4, -0.2) is 56.0 Å². The molecular weight excluding hydrogens is 310 g/mol. The third kappa shape index (κ3) is 4.61. The average Bonchev–Trinajstić information content (AvgIpc) is 2.53. The van der Waals surface area contributed by atoms with Gasteiger partial charge in [0, 0.05) is 44.6 Å². The number of ether oxygens (including phenoxy) is 1. The Labute approximate surface area is 142 Å². The Morgan fingerprint density at radius 3 is 2.38 bits per heavy atom. The monoisotopic (exact) mass is 335 g/mol. The van der Waals surface area contributed by atoms with Gasteiger partial charge in [0.15, 0.2) is 0 Å². The molecule has 0 bridgehead atoms. The lowest BCUT2D eigenvalue weighted by atomic mass is 10.1. The summed E-state index contributed by atoms with van der Waals surface area (Å²) in [5.74, 6) is -1.02. The summed E-state index contributed by atoms with van der Waals surface area (Å²) in [4.78, 5) is 27.1. The molecule has 132 valence electrons. The van der Waals surface area contributed by atoms with Crippen molar-refractivity contribution in [1.82, 2.24) is 5.32 Å². The number of anilines is 2. The fourth-order valence-electron chi connectivity index (χ4n) is 2.45. The van der Waals surface area contributed by atoms with Crippen molar-refractivity contribution in [2.45, 2.75) is 26.4 Å². The Bertz CT molecular complexity index is 619. The minimum absolute atomic E-state index is 0.149. The van der Waals surface area contributed by atoms with Crippen LogP contribution in [0.15, 0.2) is 18.2 Å². The maximum atomic E-state index is 12.3. The van der Waals surface area contributed by atoms with Gasteiger partial charge in [0.2, 0.25) is 0 Å². The van der Waals surface area contributed by atoms with E-state index in [1.165, 1.54) is 11.0 Å². The number of nitrogens with zero attached hydrogens (tertiary/aromatic N) is 2. The zero-order valence-corrected chi connectivity index (χ0v) is 14.6. The fourth-order valence-corrected chi connectivity index (χ4v) is 2.45. The van der Waals surface area contributed by atoms with E-state index in [4.69, 9.17) is 4.74 Å². The summed E-state index contributed by atoms with van der Waals surface area (Å²) >= 11 is 0. The molecule has 7 nitrogen and oxygen atoms in total. The highest BCUT2D eigenvalue weighted by Crippen LogP contribution is 2.26. The van der Waals surface area contributed by atoms with Crippen LogP contribution in [0, 0.1) is 0 Å². The van der Waals surface area contributed by atoms with Gasteiger partial charge in [-0.25, -0.2) is 9.59 Å². The first-order chi connectivity index (χ1) is 11.2. The summed E-state index contributed by atoms with van der Waals surface area (Å²) in [7, 11) is 1.58. The predicted molar refractivity (Wildman–Crippen MR) is 93.1 cm³/mol. The fraction of sp³-hybridized carbons (Fsp3) is 0.529. The van der Waals surface area contributed by atoms with E-state index >= 15 is 0 Å². The van der Waals surface area contributed by atoms with Crippen molar-refractivity contribution in [2.75, 3.05) is 43.0 Å². The molecule has 0 aromatic heterocycles. The largest absolute Gasteiger partial charge is 0.478 e. The molecule has 1 aliphatic heterocycles. The van der Waals surface area contributed by atoms with Crippen molar-refractivity contribution in [2.24, 2.45) is 0 Å².